The van der Waals surface area contributed by atoms with Crippen LogP contribution in [0.3, 0.4) is 0 Å². The highest BCUT2D eigenvalue weighted by Crippen LogP contribution is 2.39. The number of ether oxygens (including phenoxy) is 2. The predicted octanol–water partition coefficient (Wildman–Crippen LogP) is 3.27. The minimum Gasteiger partial charge on any atom is -0.486 e. The van der Waals surface area contributed by atoms with Gasteiger partial charge in [-0.2, -0.15) is 5.26 Å². The van der Waals surface area contributed by atoms with Crippen LogP contribution in [0.2, 0.25) is 0 Å². The Labute approximate surface area is 173 Å². The van der Waals surface area contributed by atoms with Crippen molar-refractivity contribution in [2.75, 3.05) is 19.0 Å². The van der Waals surface area contributed by atoms with Crippen molar-refractivity contribution < 1.29 is 14.3 Å². The molecule has 1 N–H and O–H groups in total. The molecule has 7 nitrogen and oxygen atoms in total. The minimum absolute atomic E-state index is 0.120. The summed E-state index contributed by atoms with van der Waals surface area (Å²) in [6.45, 7) is 4.82. The molecular formula is C21H22N4O3S. The molecule has 0 bridgehead atoms. The Morgan fingerprint density at radius 3 is 2.79 bits per heavy atom. The lowest BCUT2D eigenvalue weighted by molar-refractivity contribution is -0.119. The second-order valence-electron chi connectivity index (χ2n) is 7.21. The largest absolute Gasteiger partial charge is 0.486 e. The van der Waals surface area contributed by atoms with Crippen LogP contribution in [-0.2, 0) is 4.79 Å². The SMILES string of the molecule is Cc1nc(C2CC2)nc(SCC(=O)N[C@@H](C)c2ccc3c(c2)OCCO3)c1C#N. The lowest BCUT2D eigenvalue weighted by Gasteiger charge is -2.21. The van der Waals surface area contributed by atoms with Crippen LogP contribution in [0, 0.1) is 18.3 Å². The van der Waals surface area contributed by atoms with Crippen LogP contribution in [0.5, 0.6) is 11.5 Å². The molecule has 0 unspecified atom stereocenters. The van der Waals surface area contributed by atoms with Gasteiger partial charge in [0.25, 0.3) is 0 Å². The molecule has 4 rings (SSSR count). The van der Waals surface area contributed by atoms with Gasteiger partial charge < -0.3 is 14.8 Å². The Balaban J connectivity index is 1.39. The van der Waals surface area contributed by atoms with E-state index in [9.17, 15) is 10.1 Å². The minimum atomic E-state index is -0.177. The van der Waals surface area contributed by atoms with Gasteiger partial charge >= 0.3 is 0 Å². The van der Waals surface area contributed by atoms with Gasteiger partial charge in [0.2, 0.25) is 5.91 Å². The lowest BCUT2D eigenvalue weighted by atomic mass is 10.1. The molecule has 29 heavy (non-hydrogen) atoms. The topological polar surface area (TPSA) is 97.1 Å². The average molecular weight is 410 g/mol. The number of thioether (sulfide) groups is 1. The molecule has 1 aromatic carbocycles. The number of aryl methyl sites for hydroxylation is 1. The number of benzene rings is 1. The molecule has 8 heteroatoms. The van der Waals surface area contributed by atoms with E-state index >= 15 is 0 Å². The number of nitrogens with zero attached hydrogens (tertiary/aromatic N) is 3. The van der Waals surface area contributed by atoms with Crippen LogP contribution in [0.25, 0.3) is 0 Å². The molecule has 1 aliphatic carbocycles. The Morgan fingerprint density at radius 2 is 2.07 bits per heavy atom. The monoisotopic (exact) mass is 410 g/mol. The Hall–Kier alpha value is -2.79. The van der Waals surface area contributed by atoms with Gasteiger partial charge in [0, 0.05) is 5.92 Å². The van der Waals surface area contributed by atoms with E-state index in [0.717, 1.165) is 30.0 Å². The third-order valence-corrected chi connectivity index (χ3v) is 5.89. The first-order chi connectivity index (χ1) is 14.0. The molecule has 150 valence electrons. The number of carbonyl (C=O) groups is 1. The van der Waals surface area contributed by atoms with Gasteiger partial charge in [0.15, 0.2) is 11.5 Å². The first-order valence-electron chi connectivity index (χ1n) is 9.65. The number of carbonyl (C=O) groups excluding carboxylic acids is 1. The highest BCUT2D eigenvalue weighted by molar-refractivity contribution is 8.00. The summed E-state index contributed by atoms with van der Waals surface area (Å²) in [5.74, 6) is 2.67. The number of fused-ring (bicyclic) bond motifs is 1. The number of nitrogens with one attached hydrogen (secondary N) is 1. The number of amides is 1. The zero-order chi connectivity index (χ0) is 20.4. The van der Waals surface area contributed by atoms with Crippen molar-refractivity contribution in [3.63, 3.8) is 0 Å². The number of hydrogen-bond acceptors (Lipinski definition) is 7. The second kappa shape index (κ2) is 8.29. The van der Waals surface area contributed by atoms with Crippen LogP contribution < -0.4 is 14.8 Å². The summed E-state index contributed by atoms with van der Waals surface area (Å²) >= 11 is 1.28. The third-order valence-electron chi connectivity index (χ3n) is 4.91. The van der Waals surface area contributed by atoms with Gasteiger partial charge in [0.1, 0.15) is 35.7 Å². The number of hydrogen-bond donors (Lipinski definition) is 1. The summed E-state index contributed by atoms with van der Waals surface area (Å²) in [6, 6.07) is 7.68. The van der Waals surface area contributed by atoms with Crippen LogP contribution in [0.15, 0.2) is 23.2 Å². The molecule has 1 aromatic heterocycles. The summed E-state index contributed by atoms with van der Waals surface area (Å²) in [4.78, 5) is 21.5. The number of rotatable bonds is 6. The Morgan fingerprint density at radius 1 is 1.31 bits per heavy atom. The molecule has 1 saturated carbocycles. The summed E-state index contributed by atoms with van der Waals surface area (Å²) < 4.78 is 11.1. The second-order valence-corrected chi connectivity index (χ2v) is 8.18. The zero-order valence-corrected chi connectivity index (χ0v) is 17.2. The molecule has 0 radical (unpaired) electrons. The summed E-state index contributed by atoms with van der Waals surface area (Å²) in [6.07, 6.45) is 2.17. The van der Waals surface area contributed by atoms with Crippen LogP contribution in [0.4, 0.5) is 0 Å². The van der Waals surface area contributed by atoms with E-state index in [0.29, 0.717) is 41.2 Å². The molecule has 2 aromatic rings. The fourth-order valence-electron chi connectivity index (χ4n) is 3.15. The van der Waals surface area contributed by atoms with E-state index in [1.165, 1.54) is 11.8 Å². The van der Waals surface area contributed by atoms with Crippen molar-refractivity contribution in [3.8, 4) is 17.6 Å². The molecule has 1 atom stereocenters. The lowest BCUT2D eigenvalue weighted by Crippen LogP contribution is -2.28. The number of nitriles is 1. The Kier molecular flexibility index (Phi) is 5.58. The summed E-state index contributed by atoms with van der Waals surface area (Å²) in [7, 11) is 0. The predicted molar refractivity (Wildman–Crippen MR) is 108 cm³/mol. The maximum atomic E-state index is 12.5. The Bertz CT molecular complexity index is 985. The van der Waals surface area contributed by atoms with Crippen LogP contribution in [0.1, 0.15) is 54.4 Å². The van der Waals surface area contributed by atoms with E-state index in [-0.39, 0.29) is 17.7 Å². The smallest absolute Gasteiger partial charge is 0.230 e. The normalized spacial score (nSPS) is 16.0. The fourth-order valence-corrected chi connectivity index (χ4v) is 4.00. The van der Waals surface area contributed by atoms with Crippen molar-refractivity contribution in [1.29, 1.82) is 5.26 Å². The maximum absolute atomic E-state index is 12.5. The van der Waals surface area contributed by atoms with E-state index in [2.05, 4.69) is 21.4 Å². The van der Waals surface area contributed by atoms with Crippen LogP contribution >= 0.6 is 11.8 Å². The summed E-state index contributed by atoms with van der Waals surface area (Å²) in [5.41, 5.74) is 2.07. The molecular weight excluding hydrogens is 388 g/mol. The van der Waals surface area contributed by atoms with Gasteiger partial charge in [-0.3, -0.25) is 4.79 Å². The number of aromatic nitrogens is 2. The molecule has 2 heterocycles. The molecule has 1 fully saturated rings. The zero-order valence-electron chi connectivity index (χ0n) is 16.4. The van der Waals surface area contributed by atoms with E-state index in [1.807, 2.05) is 32.0 Å². The fraction of sp³-hybridized carbons (Fsp3) is 0.429. The van der Waals surface area contributed by atoms with Crippen molar-refractivity contribution >= 4 is 17.7 Å². The molecule has 0 saturated heterocycles. The molecule has 2 aliphatic rings. The van der Waals surface area contributed by atoms with Crippen molar-refractivity contribution in [2.24, 2.45) is 0 Å². The van der Waals surface area contributed by atoms with E-state index < -0.39 is 0 Å². The summed E-state index contributed by atoms with van der Waals surface area (Å²) in [5, 5.41) is 13.0. The molecule has 1 aliphatic heterocycles. The third kappa shape index (κ3) is 4.46. The first-order valence-corrected chi connectivity index (χ1v) is 10.6. The van der Waals surface area contributed by atoms with Gasteiger partial charge in [-0.05, 0) is 44.4 Å². The quantitative estimate of drug-likeness (QED) is 0.576. The van der Waals surface area contributed by atoms with Gasteiger partial charge in [-0.1, -0.05) is 17.8 Å². The van der Waals surface area contributed by atoms with Gasteiger partial charge in [-0.15, -0.1) is 0 Å². The average Bonchev–Trinajstić information content (AvgIpc) is 3.57. The maximum Gasteiger partial charge on any atom is 0.230 e. The van der Waals surface area contributed by atoms with Crippen molar-refractivity contribution in [1.82, 2.24) is 15.3 Å². The van der Waals surface area contributed by atoms with E-state index in [1.54, 1.807) is 0 Å². The van der Waals surface area contributed by atoms with E-state index in [4.69, 9.17) is 9.47 Å². The van der Waals surface area contributed by atoms with Gasteiger partial charge in [0.05, 0.1) is 17.5 Å². The highest BCUT2D eigenvalue weighted by atomic mass is 32.2. The van der Waals surface area contributed by atoms with Crippen molar-refractivity contribution in [2.45, 2.75) is 43.7 Å². The highest BCUT2D eigenvalue weighted by Gasteiger charge is 2.28. The molecule has 0 spiro atoms. The molecule has 1 amide bonds. The van der Waals surface area contributed by atoms with Gasteiger partial charge in [-0.25, -0.2) is 9.97 Å². The first kappa shape index (κ1) is 19.5. The van der Waals surface area contributed by atoms with Crippen LogP contribution in [-0.4, -0.2) is 34.8 Å². The van der Waals surface area contributed by atoms with Crippen molar-refractivity contribution in [3.05, 3.63) is 40.8 Å². The standard InChI is InChI=1S/C21H22N4O3S/c1-12(15-5-6-17-18(9-15)28-8-7-27-17)23-19(26)11-29-21-16(10-22)13(2)24-20(25-21)14-3-4-14/h5-6,9,12,14H,3-4,7-8,11H2,1-2H3,(H,23,26)/t12-/m0/s1.